The molecule has 2 rings (SSSR count). The molecule has 28 heavy (non-hydrogen) atoms. The van der Waals surface area contributed by atoms with Gasteiger partial charge in [-0.25, -0.2) is 4.79 Å². The second-order valence-corrected chi connectivity index (χ2v) is 7.80. The van der Waals surface area contributed by atoms with Gasteiger partial charge in [0.1, 0.15) is 10.4 Å². The first-order valence-corrected chi connectivity index (χ1v) is 10.1. The standard InChI is InChI=1S/C20H22N2O4S2/c1-2-7-15(19(25)26)21-17(23)12-13-22-18(24)16(28-20(22)27)11-6-10-14-8-4-3-5-9-14/h3-6,8-11,15H,2,7,12-13H2,1H3,(H,21,23)(H,25,26). The topological polar surface area (TPSA) is 86.7 Å². The first-order valence-electron chi connectivity index (χ1n) is 8.91. The summed E-state index contributed by atoms with van der Waals surface area (Å²) < 4.78 is 0.389. The summed E-state index contributed by atoms with van der Waals surface area (Å²) in [6.07, 6.45) is 6.38. The number of carboxylic acids is 1. The van der Waals surface area contributed by atoms with Gasteiger partial charge in [-0.2, -0.15) is 0 Å². The van der Waals surface area contributed by atoms with Crippen LogP contribution in [0.4, 0.5) is 0 Å². The highest BCUT2D eigenvalue weighted by atomic mass is 32.2. The normalized spacial score (nSPS) is 16.8. The van der Waals surface area contributed by atoms with E-state index < -0.39 is 17.9 Å². The van der Waals surface area contributed by atoms with Crippen molar-refractivity contribution in [2.24, 2.45) is 0 Å². The van der Waals surface area contributed by atoms with Crippen molar-refractivity contribution in [3.63, 3.8) is 0 Å². The number of thioether (sulfide) groups is 1. The summed E-state index contributed by atoms with van der Waals surface area (Å²) in [7, 11) is 0. The van der Waals surface area contributed by atoms with E-state index in [4.69, 9.17) is 17.3 Å². The van der Waals surface area contributed by atoms with Crippen molar-refractivity contribution in [1.82, 2.24) is 10.2 Å². The predicted molar refractivity (Wildman–Crippen MR) is 115 cm³/mol. The second-order valence-electron chi connectivity index (χ2n) is 6.12. The Balaban J connectivity index is 1.91. The van der Waals surface area contributed by atoms with Gasteiger partial charge < -0.3 is 10.4 Å². The third kappa shape index (κ3) is 6.31. The van der Waals surface area contributed by atoms with E-state index in [0.29, 0.717) is 22.1 Å². The van der Waals surface area contributed by atoms with E-state index in [9.17, 15) is 14.4 Å². The third-order valence-corrected chi connectivity index (χ3v) is 5.38. The molecule has 148 valence electrons. The number of nitrogens with one attached hydrogen (secondary N) is 1. The fraction of sp³-hybridized carbons (Fsp3) is 0.300. The van der Waals surface area contributed by atoms with Gasteiger partial charge in [0.2, 0.25) is 5.91 Å². The number of thiocarbonyl (C=S) groups is 1. The number of allylic oxidation sites excluding steroid dienone is 2. The highest BCUT2D eigenvalue weighted by molar-refractivity contribution is 8.26. The van der Waals surface area contributed by atoms with E-state index in [1.165, 1.54) is 16.7 Å². The minimum atomic E-state index is -1.06. The highest BCUT2D eigenvalue weighted by Gasteiger charge is 2.32. The molecule has 1 aliphatic rings. The van der Waals surface area contributed by atoms with Crippen LogP contribution in [0.2, 0.25) is 0 Å². The molecule has 0 bridgehead atoms. The minimum Gasteiger partial charge on any atom is -0.480 e. The van der Waals surface area contributed by atoms with Crippen LogP contribution in [0.15, 0.2) is 47.4 Å². The molecule has 1 fully saturated rings. The summed E-state index contributed by atoms with van der Waals surface area (Å²) in [5.74, 6) is -1.72. The Bertz CT molecular complexity index is 806. The summed E-state index contributed by atoms with van der Waals surface area (Å²) in [5.41, 5.74) is 1.02. The zero-order chi connectivity index (χ0) is 20.5. The van der Waals surface area contributed by atoms with Gasteiger partial charge in [0.25, 0.3) is 5.91 Å². The Labute approximate surface area is 173 Å². The average Bonchev–Trinajstić information content (AvgIpc) is 2.93. The van der Waals surface area contributed by atoms with Gasteiger partial charge in [-0.1, -0.05) is 79.8 Å². The predicted octanol–water partition coefficient (Wildman–Crippen LogP) is 3.20. The lowest BCUT2D eigenvalue weighted by molar-refractivity contribution is -0.142. The number of carbonyl (C=O) groups is 3. The second kappa shape index (κ2) is 10.8. The van der Waals surface area contributed by atoms with Crippen LogP contribution in [0.3, 0.4) is 0 Å². The van der Waals surface area contributed by atoms with Gasteiger partial charge >= 0.3 is 5.97 Å². The number of hydrogen-bond donors (Lipinski definition) is 2. The van der Waals surface area contributed by atoms with Crippen LogP contribution in [0, 0.1) is 0 Å². The largest absolute Gasteiger partial charge is 0.480 e. The van der Waals surface area contributed by atoms with E-state index in [0.717, 1.165) is 5.56 Å². The summed E-state index contributed by atoms with van der Waals surface area (Å²) in [4.78, 5) is 37.5. The lowest BCUT2D eigenvalue weighted by atomic mass is 10.1. The zero-order valence-corrected chi connectivity index (χ0v) is 17.1. The van der Waals surface area contributed by atoms with Gasteiger partial charge in [-0.05, 0) is 18.1 Å². The first-order chi connectivity index (χ1) is 13.4. The number of amides is 2. The van der Waals surface area contributed by atoms with E-state index in [2.05, 4.69) is 5.32 Å². The maximum Gasteiger partial charge on any atom is 0.326 e. The molecule has 8 heteroatoms. The number of rotatable bonds is 9. The SMILES string of the molecule is CCCC(NC(=O)CCN1C(=O)C(=CC=Cc2ccccc2)SC1=S)C(=O)O. The van der Waals surface area contributed by atoms with Crippen molar-refractivity contribution in [2.75, 3.05) is 6.54 Å². The van der Waals surface area contributed by atoms with Gasteiger partial charge in [-0.15, -0.1) is 0 Å². The van der Waals surface area contributed by atoms with E-state index in [-0.39, 0.29) is 18.9 Å². The molecule has 6 nitrogen and oxygen atoms in total. The first kappa shape index (κ1) is 21.8. The van der Waals surface area contributed by atoms with Gasteiger partial charge in [0.15, 0.2) is 0 Å². The van der Waals surface area contributed by atoms with Gasteiger partial charge in [-0.3, -0.25) is 14.5 Å². The molecule has 1 aromatic carbocycles. The van der Waals surface area contributed by atoms with Crippen LogP contribution in [0.25, 0.3) is 6.08 Å². The van der Waals surface area contributed by atoms with Crippen molar-refractivity contribution in [3.05, 3.63) is 53.0 Å². The number of carboxylic acid groups (broad SMARTS) is 1. The molecule has 2 N–H and O–H groups in total. The molecule has 2 amide bonds. The molecule has 1 aromatic rings. The molecule has 1 aliphatic heterocycles. The molecule has 0 saturated carbocycles. The summed E-state index contributed by atoms with van der Waals surface area (Å²) >= 11 is 6.43. The molecule has 0 aliphatic carbocycles. The van der Waals surface area contributed by atoms with E-state index in [1.807, 2.05) is 43.3 Å². The number of nitrogens with zero attached hydrogens (tertiary/aromatic N) is 1. The van der Waals surface area contributed by atoms with Crippen molar-refractivity contribution < 1.29 is 19.5 Å². The quantitative estimate of drug-likeness (QED) is 0.473. The molecule has 1 saturated heterocycles. The Morgan fingerprint density at radius 3 is 2.68 bits per heavy atom. The van der Waals surface area contributed by atoms with Crippen molar-refractivity contribution in [1.29, 1.82) is 0 Å². The number of benzene rings is 1. The Hall–Kier alpha value is -2.45. The molecule has 0 spiro atoms. The van der Waals surface area contributed by atoms with Crippen LogP contribution in [-0.4, -0.2) is 44.7 Å². The Morgan fingerprint density at radius 2 is 2.04 bits per heavy atom. The molecule has 1 unspecified atom stereocenters. The number of carbonyl (C=O) groups excluding carboxylic acids is 2. The smallest absolute Gasteiger partial charge is 0.326 e. The van der Waals surface area contributed by atoms with E-state index in [1.54, 1.807) is 12.2 Å². The van der Waals surface area contributed by atoms with Crippen molar-refractivity contribution in [3.8, 4) is 0 Å². The lowest BCUT2D eigenvalue weighted by Crippen LogP contribution is -2.42. The zero-order valence-electron chi connectivity index (χ0n) is 15.5. The average molecular weight is 419 g/mol. The van der Waals surface area contributed by atoms with Gasteiger partial charge in [0.05, 0.1) is 4.91 Å². The van der Waals surface area contributed by atoms with E-state index >= 15 is 0 Å². The third-order valence-electron chi connectivity index (χ3n) is 3.98. The lowest BCUT2D eigenvalue weighted by Gasteiger charge is -2.16. The number of aliphatic carboxylic acids is 1. The fourth-order valence-electron chi connectivity index (χ4n) is 2.54. The van der Waals surface area contributed by atoms with Crippen LogP contribution >= 0.6 is 24.0 Å². The van der Waals surface area contributed by atoms with Crippen LogP contribution in [0.1, 0.15) is 31.7 Å². The number of hydrogen-bond acceptors (Lipinski definition) is 5. The molecule has 1 atom stereocenters. The van der Waals surface area contributed by atoms with Crippen molar-refractivity contribution >= 4 is 52.2 Å². The molecule has 0 aromatic heterocycles. The maximum absolute atomic E-state index is 12.5. The molecule has 1 heterocycles. The van der Waals surface area contributed by atoms with Gasteiger partial charge in [0, 0.05) is 13.0 Å². The van der Waals surface area contributed by atoms with Crippen LogP contribution in [-0.2, 0) is 14.4 Å². The maximum atomic E-state index is 12.5. The molecular weight excluding hydrogens is 396 g/mol. The fourth-order valence-corrected chi connectivity index (χ4v) is 3.80. The summed E-state index contributed by atoms with van der Waals surface area (Å²) in [6, 6.07) is 8.79. The van der Waals surface area contributed by atoms with Crippen LogP contribution in [0.5, 0.6) is 0 Å². The molecule has 0 radical (unpaired) electrons. The minimum absolute atomic E-state index is 0.00688. The highest BCUT2D eigenvalue weighted by Crippen LogP contribution is 2.31. The Kier molecular flexibility index (Phi) is 8.41. The Morgan fingerprint density at radius 1 is 1.32 bits per heavy atom. The van der Waals surface area contributed by atoms with Crippen LogP contribution < -0.4 is 5.32 Å². The summed E-state index contributed by atoms with van der Waals surface area (Å²) in [5, 5.41) is 11.6. The summed E-state index contributed by atoms with van der Waals surface area (Å²) in [6.45, 7) is 1.97. The molecular formula is C20H22N2O4S2. The van der Waals surface area contributed by atoms with Crippen molar-refractivity contribution in [2.45, 2.75) is 32.2 Å². The monoisotopic (exact) mass is 418 g/mol.